The molecule has 0 bridgehead atoms. The van der Waals surface area contributed by atoms with E-state index < -0.39 is 11.5 Å². The van der Waals surface area contributed by atoms with Crippen LogP contribution in [0.25, 0.3) is 0 Å². The standard InChI is InChI=1S/C14H21N3O3/c1-9-7-10(2)17(16-9)11(3)8-12(18)15-14(13(19)20)5-4-6-14/h7,11H,4-6,8H2,1-3H3,(H,15,18)(H,19,20). The zero-order valence-corrected chi connectivity index (χ0v) is 12.1. The summed E-state index contributed by atoms with van der Waals surface area (Å²) in [6, 6.07) is 1.87. The topological polar surface area (TPSA) is 84.2 Å². The van der Waals surface area contributed by atoms with E-state index in [4.69, 9.17) is 0 Å². The number of nitrogens with zero attached hydrogens (tertiary/aromatic N) is 2. The van der Waals surface area contributed by atoms with Crippen LogP contribution in [0.4, 0.5) is 0 Å². The first-order valence-corrected chi connectivity index (χ1v) is 6.91. The van der Waals surface area contributed by atoms with Crippen LogP contribution in [0.15, 0.2) is 6.07 Å². The van der Waals surface area contributed by atoms with E-state index in [0.29, 0.717) is 12.8 Å². The molecule has 1 unspecified atom stereocenters. The van der Waals surface area contributed by atoms with Crippen molar-refractivity contribution < 1.29 is 14.7 Å². The Morgan fingerprint density at radius 1 is 1.50 bits per heavy atom. The summed E-state index contributed by atoms with van der Waals surface area (Å²) < 4.78 is 1.81. The third-order valence-corrected chi connectivity index (χ3v) is 3.94. The lowest BCUT2D eigenvalue weighted by Gasteiger charge is -2.38. The Hall–Kier alpha value is -1.85. The Morgan fingerprint density at radius 3 is 2.55 bits per heavy atom. The summed E-state index contributed by atoms with van der Waals surface area (Å²) in [6.07, 6.45) is 2.11. The second-order valence-corrected chi connectivity index (χ2v) is 5.71. The number of nitrogens with one attached hydrogen (secondary N) is 1. The van der Waals surface area contributed by atoms with E-state index in [9.17, 15) is 14.7 Å². The molecule has 0 radical (unpaired) electrons. The van der Waals surface area contributed by atoms with Gasteiger partial charge in [-0.25, -0.2) is 4.79 Å². The van der Waals surface area contributed by atoms with Gasteiger partial charge in [-0.3, -0.25) is 9.48 Å². The fraction of sp³-hybridized carbons (Fsp3) is 0.643. The van der Waals surface area contributed by atoms with Gasteiger partial charge < -0.3 is 10.4 Å². The van der Waals surface area contributed by atoms with Crippen molar-refractivity contribution in [2.75, 3.05) is 0 Å². The third-order valence-electron chi connectivity index (χ3n) is 3.94. The van der Waals surface area contributed by atoms with Crippen LogP contribution in [0.2, 0.25) is 0 Å². The number of carbonyl (C=O) groups excluding carboxylic acids is 1. The summed E-state index contributed by atoms with van der Waals surface area (Å²) in [5, 5.41) is 16.2. The van der Waals surface area contributed by atoms with Crippen molar-refractivity contribution in [3.05, 3.63) is 17.5 Å². The average molecular weight is 279 g/mol. The van der Waals surface area contributed by atoms with Gasteiger partial charge in [0.05, 0.1) is 11.7 Å². The summed E-state index contributed by atoms with van der Waals surface area (Å²) in [5.41, 5.74) is 0.876. The Morgan fingerprint density at radius 2 is 2.15 bits per heavy atom. The number of amides is 1. The molecule has 1 amide bonds. The van der Waals surface area contributed by atoms with Crippen LogP contribution in [0, 0.1) is 13.8 Å². The highest BCUT2D eigenvalue weighted by Gasteiger charge is 2.45. The molecule has 1 aromatic heterocycles. The number of carboxylic acids is 1. The van der Waals surface area contributed by atoms with Gasteiger partial charge in [-0.15, -0.1) is 0 Å². The first-order valence-electron chi connectivity index (χ1n) is 6.91. The normalized spacial score (nSPS) is 18.1. The van der Waals surface area contributed by atoms with Crippen LogP contribution < -0.4 is 5.32 Å². The quantitative estimate of drug-likeness (QED) is 0.857. The highest BCUT2D eigenvalue weighted by molar-refractivity contribution is 5.87. The lowest BCUT2D eigenvalue weighted by molar-refractivity contribution is -0.151. The zero-order valence-electron chi connectivity index (χ0n) is 12.1. The van der Waals surface area contributed by atoms with E-state index >= 15 is 0 Å². The maximum Gasteiger partial charge on any atom is 0.329 e. The predicted octanol–water partition coefficient (Wildman–Crippen LogP) is 1.57. The van der Waals surface area contributed by atoms with Gasteiger partial charge in [-0.05, 0) is 46.1 Å². The van der Waals surface area contributed by atoms with Crippen molar-refractivity contribution >= 4 is 11.9 Å². The largest absolute Gasteiger partial charge is 0.480 e. The lowest BCUT2D eigenvalue weighted by Crippen LogP contribution is -2.59. The van der Waals surface area contributed by atoms with Gasteiger partial charge in [0.1, 0.15) is 5.54 Å². The monoisotopic (exact) mass is 279 g/mol. The molecule has 2 N–H and O–H groups in total. The minimum absolute atomic E-state index is 0.0883. The van der Waals surface area contributed by atoms with Crippen LogP contribution in [-0.2, 0) is 9.59 Å². The molecule has 2 rings (SSSR count). The maximum absolute atomic E-state index is 12.0. The first-order chi connectivity index (χ1) is 9.34. The smallest absolute Gasteiger partial charge is 0.329 e. The maximum atomic E-state index is 12.0. The molecule has 1 aromatic rings. The second-order valence-electron chi connectivity index (χ2n) is 5.71. The summed E-state index contributed by atoms with van der Waals surface area (Å²) in [7, 11) is 0. The van der Waals surface area contributed by atoms with Gasteiger partial charge in [0.25, 0.3) is 0 Å². The summed E-state index contributed by atoms with van der Waals surface area (Å²) >= 11 is 0. The molecular weight excluding hydrogens is 258 g/mol. The summed E-state index contributed by atoms with van der Waals surface area (Å²) in [4.78, 5) is 23.3. The molecule has 6 heteroatoms. The Balaban J connectivity index is 1.98. The molecular formula is C14H21N3O3. The Kier molecular flexibility index (Phi) is 3.83. The Labute approximate surface area is 118 Å². The third kappa shape index (κ3) is 2.69. The molecule has 6 nitrogen and oxygen atoms in total. The minimum Gasteiger partial charge on any atom is -0.480 e. The summed E-state index contributed by atoms with van der Waals surface area (Å²) in [5.74, 6) is -1.16. The first kappa shape index (κ1) is 14.6. The van der Waals surface area contributed by atoms with Crippen LogP contribution in [0.5, 0.6) is 0 Å². The second kappa shape index (κ2) is 5.26. The van der Waals surface area contributed by atoms with Crippen molar-refractivity contribution in [3.8, 4) is 0 Å². The number of carbonyl (C=O) groups is 2. The SMILES string of the molecule is Cc1cc(C)n(C(C)CC(=O)NC2(C(=O)O)CCC2)n1. The van der Waals surface area contributed by atoms with E-state index in [1.54, 1.807) is 0 Å². The van der Waals surface area contributed by atoms with Crippen molar-refractivity contribution in [2.24, 2.45) is 0 Å². The van der Waals surface area contributed by atoms with Crippen LogP contribution >= 0.6 is 0 Å². The predicted molar refractivity (Wildman–Crippen MR) is 73.4 cm³/mol. The van der Waals surface area contributed by atoms with Crippen molar-refractivity contribution in [2.45, 2.75) is 58.0 Å². The fourth-order valence-corrected chi connectivity index (χ4v) is 2.69. The zero-order chi connectivity index (χ0) is 14.9. The van der Waals surface area contributed by atoms with E-state index in [0.717, 1.165) is 17.8 Å². The molecule has 1 heterocycles. The van der Waals surface area contributed by atoms with Gasteiger partial charge >= 0.3 is 5.97 Å². The molecule has 20 heavy (non-hydrogen) atoms. The number of aliphatic carboxylic acids is 1. The van der Waals surface area contributed by atoms with Crippen molar-refractivity contribution in [1.82, 2.24) is 15.1 Å². The molecule has 1 aliphatic carbocycles. The number of hydrogen-bond donors (Lipinski definition) is 2. The molecule has 1 saturated carbocycles. The molecule has 0 aliphatic heterocycles. The lowest BCUT2D eigenvalue weighted by atomic mass is 9.76. The van der Waals surface area contributed by atoms with E-state index in [1.165, 1.54) is 0 Å². The molecule has 0 aromatic carbocycles. The van der Waals surface area contributed by atoms with Crippen LogP contribution in [0.1, 0.15) is 50.0 Å². The van der Waals surface area contributed by atoms with Crippen molar-refractivity contribution in [3.63, 3.8) is 0 Å². The van der Waals surface area contributed by atoms with E-state index in [2.05, 4.69) is 10.4 Å². The molecule has 0 saturated heterocycles. The molecule has 1 aliphatic rings. The Bertz CT molecular complexity index is 532. The molecule has 1 atom stereocenters. The van der Waals surface area contributed by atoms with Gasteiger partial charge in [0, 0.05) is 12.1 Å². The molecule has 0 spiro atoms. The minimum atomic E-state index is -1.04. The molecule has 1 fully saturated rings. The number of aromatic nitrogens is 2. The average Bonchev–Trinajstić information content (AvgIpc) is 2.62. The molecule has 110 valence electrons. The number of rotatable bonds is 5. The van der Waals surface area contributed by atoms with Gasteiger partial charge in [0.15, 0.2) is 0 Å². The van der Waals surface area contributed by atoms with Gasteiger partial charge in [0.2, 0.25) is 5.91 Å². The van der Waals surface area contributed by atoms with Gasteiger partial charge in [-0.2, -0.15) is 5.10 Å². The van der Waals surface area contributed by atoms with Crippen LogP contribution in [0.3, 0.4) is 0 Å². The van der Waals surface area contributed by atoms with E-state index in [-0.39, 0.29) is 18.4 Å². The fourth-order valence-electron chi connectivity index (χ4n) is 2.69. The highest BCUT2D eigenvalue weighted by Crippen LogP contribution is 2.32. The van der Waals surface area contributed by atoms with Crippen molar-refractivity contribution in [1.29, 1.82) is 0 Å². The highest BCUT2D eigenvalue weighted by atomic mass is 16.4. The number of aryl methyl sites for hydroxylation is 2. The summed E-state index contributed by atoms with van der Waals surface area (Å²) in [6.45, 7) is 5.76. The van der Waals surface area contributed by atoms with E-state index in [1.807, 2.05) is 31.5 Å². The van der Waals surface area contributed by atoms with Crippen LogP contribution in [-0.4, -0.2) is 32.3 Å². The van der Waals surface area contributed by atoms with Gasteiger partial charge in [-0.1, -0.05) is 0 Å². The number of hydrogen-bond acceptors (Lipinski definition) is 3. The number of carboxylic acid groups (broad SMARTS) is 1.